The van der Waals surface area contributed by atoms with E-state index >= 15 is 0 Å². The number of benzene rings is 1. The number of aliphatic hydroxyl groups is 1. The van der Waals surface area contributed by atoms with Gasteiger partial charge < -0.3 is 15.0 Å². The second-order valence-electron chi connectivity index (χ2n) is 6.08. The van der Waals surface area contributed by atoms with Crippen molar-refractivity contribution < 1.29 is 5.11 Å². The molecule has 0 radical (unpaired) electrons. The summed E-state index contributed by atoms with van der Waals surface area (Å²) in [6.07, 6.45) is 0.641. The Morgan fingerprint density at radius 2 is 2.16 bits per heavy atom. The Morgan fingerprint density at radius 3 is 2.79 bits per heavy atom. The zero-order chi connectivity index (χ0) is 13.6. The van der Waals surface area contributed by atoms with E-state index in [0.717, 1.165) is 29.8 Å². The summed E-state index contributed by atoms with van der Waals surface area (Å²) in [5.74, 6) is 1.04. The minimum Gasteiger partial charge on any atom is -0.392 e. The SMILES string of the molecule is Cn1c(CNC2CC(O)C2(C)C)nc2ccccc21. The highest BCUT2D eigenvalue weighted by Gasteiger charge is 2.46. The van der Waals surface area contributed by atoms with Crippen LogP contribution in [0.1, 0.15) is 26.1 Å². The summed E-state index contributed by atoms with van der Waals surface area (Å²) < 4.78 is 2.13. The van der Waals surface area contributed by atoms with Crippen LogP contribution in [0.3, 0.4) is 0 Å². The molecule has 1 aromatic heterocycles. The number of aliphatic hydroxyl groups excluding tert-OH is 1. The normalized spacial score (nSPS) is 25.5. The minimum atomic E-state index is -0.189. The molecule has 1 fully saturated rings. The highest BCUT2D eigenvalue weighted by molar-refractivity contribution is 5.75. The molecule has 0 spiro atoms. The molecule has 4 heteroatoms. The minimum absolute atomic E-state index is 0.0371. The van der Waals surface area contributed by atoms with Crippen molar-refractivity contribution in [2.24, 2.45) is 12.5 Å². The van der Waals surface area contributed by atoms with Crippen molar-refractivity contribution in [3.8, 4) is 0 Å². The lowest BCUT2D eigenvalue weighted by molar-refractivity contribution is -0.0732. The van der Waals surface area contributed by atoms with Gasteiger partial charge in [-0.1, -0.05) is 26.0 Å². The van der Waals surface area contributed by atoms with E-state index in [4.69, 9.17) is 0 Å². The smallest absolute Gasteiger partial charge is 0.123 e. The Hall–Kier alpha value is -1.39. The molecule has 1 heterocycles. The third-order valence-electron chi connectivity index (χ3n) is 4.60. The molecule has 19 heavy (non-hydrogen) atoms. The molecule has 2 atom stereocenters. The zero-order valence-electron chi connectivity index (χ0n) is 11.7. The predicted octanol–water partition coefficient (Wildman–Crippen LogP) is 1.82. The van der Waals surface area contributed by atoms with Crippen molar-refractivity contribution in [3.05, 3.63) is 30.1 Å². The highest BCUT2D eigenvalue weighted by Crippen LogP contribution is 2.40. The van der Waals surface area contributed by atoms with Gasteiger partial charge >= 0.3 is 0 Å². The molecular weight excluding hydrogens is 238 g/mol. The number of aromatic nitrogens is 2. The average molecular weight is 259 g/mol. The van der Waals surface area contributed by atoms with E-state index in [9.17, 15) is 5.11 Å². The van der Waals surface area contributed by atoms with Gasteiger partial charge in [0.2, 0.25) is 0 Å². The van der Waals surface area contributed by atoms with Gasteiger partial charge in [-0.15, -0.1) is 0 Å². The number of hydrogen-bond acceptors (Lipinski definition) is 3. The van der Waals surface area contributed by atoms with E-state index in [0.29, 0.717) is 6.04 Å². The molecule has 2 N–H and O–H groups in total. The van der Waals surface area contributed by atoms with Crippen LogP contribution >= 0.6 is 0 Å². The van der Waals surface area contributed by atoms with Gasteiger partial charge in [0.25, 0.3) is 0 Å². The largest absolute Gasteiger partial charge is 0.392 e. The number of aryl methyl sites for hydroxylation is 1. The number of para-hydroxylation sites is 2. The van der Waals surface area contributed by atoms with Crippen LogP contribution in [0.2, 0.25) is 0 Å². The quantitative estimate of drug-likeness (QED) is 0.884. The molecule has 2 aromatic rings. The number of rotatable bonds is 3. The van der Waals surface area contributed by atoms with E-state index in [1.54, 1.807) is 0 Å². The Bertz CT molecular complexity index is 602. The van der Waals surface area contributed by atoms with Crippen LogP contribution in [-0.4, -0.2) is 26.8 Å². The maximum absolute atomic E-state index is 9.75. The van der Waals surface area contributed by atoms with Crippen molar-refractivity contribution in [1.29, 1.82) is 0 Å². The Balaban J connectivity index is 1.74. The number of imidazole rings is 1. The first-order valence-corrected chi connectivity index (χ1v) is 6.82. The van der Waals surface area contributed by atoms with Gasteiger partial charge in [-0.05, 0) is 18.6 Å². The molecule has 1 aliphatic carbocycles. The second kappa shape index (κ2) is 4.32. The summed E-state index contributed by atoms with van der Waals surface area (Å²) in [6, 6.07) is 8.53. The highest BCUT2D eigenvalue weighted by atomic mass is 16.3. The third-order valence-corrected chi connectivity index (χ3v) is 4.60. The number of nitrogens with one attached hydrogen (secondary N) is 1. The lowest BCUT2D eigenvalue weighted by atomic mass is 9.64. The summed E-state index contributed by atoms with van der Waals surface area (Å²) >= 11 is 0. The van der Waals surface area contributed by atoms with Gasteiger partial charge in [0.15, 0.2) is 0 Å². The fourth-order valence-electron chi connectivity index (χ4n) is 2.82. The first kappa shape index (κ1) is 12.6. The molecule has 4 nitrogen and oxygen atoms in total. The number of hydrogen-bond donors (Lipinski definition) is 2. The van der Waals surface area contributed by atoms with Crippen LogP contribution in [-0.2, 0) is 13.6 Å². The van der Waals surface area contributed by atoms with Crippen molar-refractivity contribution >= 4 is 11.0 Å². The molecule has 3 rings (SSSR count). The summed E-state index contributed by atoms with van der Waals surface area (Å²) in [7, 11) is 2.05. The third kappa shape index (κ3) is 1.95. The standard InChI is InChI=1S/C15H21N3O/c1-15(2)12(8-13(15)19)16-9-14-17-10-6-4-5-7-11(10)18(14)3/h4-7,12-13,16,19H,8-9H2,1-3H3. The van der Waals surface area contributed by atoms with Gasteiger partial charge in [0, 0.05) is 18.5 Å². The Kier molecular flexibility index (Phi) is 2.87. The van der Waals surface area contributed by atoms with Gasteiger partial charge in [0.1, 0.15) is 5.82 Å². The van der Waals surface area contributed by atoms with Gasteiger partial charge in [-0.25, -0.2) is 4.98 Å². The fourth-order valence-corrected chi connectivity index (χ4v) is 2.82. The first-order chi connectivity index (χ1) is 9.00. The van der Waals surface area contributed by atoms with Crippen LogP contribution in [0.25, 0.3) is 11.0 Å². The monoisotopic (exact) mass is 259 g/mol. The van der Waals surface area contributed by atoms with Gasteiger partial charge in [-0.2, -0.15) is 0 Å². The average Bonchev–Trinajstić information content (AvgIpc) is 2.72. The molecule has 1 aromatic carbocycles. The lowest BCUT2D eigenvalue weighted by Gasteiger charge is -2.49. The number of fused-ring (bicyclic) bond motifs is 1. The van der Waals surface area contributed by atoms with Crippen molar-refractivity contribution in [3.63, 3.8) is 0 Å². The molecule has 1 saturated carbocycles. The molecule has 0 bridgehead atoms. The summed E-state index contributed by atoms with van der Waals surface area (Å²) in [4.78, 5) is 4.65. The van der Waals surface area contributed by atoms with Crippen LogP contribution in [0.4, 0.5) is 0 Å². The van der Waals surface area contributed by atoms with Crippen LogP contribution in [0.15, 0.2) is 24.3 Å². The first-order valence-electron chi connectivity index (χ1n) is 6.82. The summed E-state index contributed by atoms with van der Waals surface area (Å²) in [5, 5.41) is 13.3. The van der Waals surface area contributed by atoms with Gasteiger partial charge in [-0.3, -0.25) is 0 Å². The summed E-state index contributed by atoms with van der Waals surface area (Å²) in [6.45, 7) is 4.95. The maximum Gasteiger partial charge on any atom is 0.123 e. The predicted molar refractivity (Wildman–Crippen MR) is 75.7 cm³/mol. The topological polar surface area (TPSA) is 50.1 Å². The molecule has 0 amide bonds. The Morgan fingerprint density at radius 1 is 1.42 bits per heavy atom. The van der Waals surface area contributed by atoms with Crippen molar-refractivity contribution in [1.82, 2.24) is 14.9 Å². The van der Waals surface area contributed by atoms with E-state index in [2.05, 4.69) is 34.8 Å². The second-order valence-corrected chi connectivity index (χ2v) is 6.08. The van der Waals surface area contributed by atoms with Crippen molar-refractivity contribution in [2.75, 3.05) is 0 Å². The number of nitrogens with zero attached hydrogens (tertiary/aromatic N) is 2. The van der Waals surface area contributed by atoms with Crippen LogP contribution in [0, 0.1) is 5.41 Å². The fraction of sp³-hybridized carbons (Fsp3) is 0.533. The molecule has 2 unspecified atom stereocenters. The van der Waals surface area contributed by atoms with E-state index in [-0.39, 0.29) is 11.5 Å². The van der Waals surface area contributed by atoms with Crippen LogP contribution in [0.5, 0.6) is 0 Å². The molecule has 0 aliphatic heterocycles. The summed E-state index contributed by atoms with van der Waals surface area (Å²) in [5.41, 5.74) is 2.16. The molecule has 0 saturated heterocycles. The Labute approximate surface area is 113 Å². The lowest BCUT2D eigenvalue weighted by Crippen LogP contribution is -2.59. The van der Waals surface area contributed by atoms with E-state index < -0.39 is 0 Å². The molecular formula is C15H21N3O. The van der Waals surface area contributed by atoms with E-state index in [1.807, 2.05) is 25.2 Å². The van der Waals surface area contributed by atoms with Gasteiger partial charge in [0.05, 0.1) is 23.7 Å². The van der Waals surface area contributed by atoms with Crippen LogP contribution < -0.4 is 5.32 Å². The molecule has 1 aliphatic rings. The maximum atomic E-state index is 9.75. The van der Waals surface area contributed by atoms with E-state index in [1.165, 1.54) is 0 Å². The zero-order valence-corrected chi connectivity index (χ0v) is 11.7. The van der Waals surface area contributed by atoms with Crippen molar-refractivity contribution in [2.45, 2.75) is 39.0 Å². The molecule has 102 valence electrons.